The maximum Gasteiger partial charge on any atom is 0.263 e. The molecule has 8 heteroatoms. The van der Waals surface area contributed by atoms with E-state index in [4.69, 9.17) is 4.74 Å². The molecule has 8 nitrogen and oxygen atoms in total. The highest BCUT2D eigenvalue weighted by molar-refractivity contribution is 5.99. The number of fused-ring (bicyclic) bond motifs is 1. The third kappa shape index (κ3) is 3.55. The van der Waals surface area contributed by atoms with Crippen molar-refractivity contribution in [3.8, 4) is 0 Å². The van der Waals surface area contributed by atoms with E-state index in [0.717, 1.165) is 19.3 Å². The summed E-state index contributed by atoms with van der Waals surface area (Å²) >= 11 is 0. The Morgan fingerprint density at radius 1 is 1.34 bits per heavy atom. The maximum atomic E-state index is 13.3. The van der Waals surface area contributed by atoms with Crippen molar-refractivity contribution in [1.82, 2.24) is 14.5 Å². The molecule has 1 aliphatic heterocycles. The van der Waals surface area contributed by atoms with Crippen LogP contribution >= 0.6 is 0 Å². The number of aliphatic hydroxyl groups is 1. The Bertz CT molecular complexity index is 1000. The minimum absolute atomic E-state index is 0.0140. The topological polar surface area (TPSA) is 106 Å². The largest absolute Gasteiger partial charge is 0.389 e. The number of nitrogens with zero attached hydrogens (tertiary/aromatic N) is 3. The molecule has 1 aliphatic carbocycles. The van der Waals surface area contributed by atoms with Crippen LogP contribution in [0.15, 0.2) is 11.0 Å². The first kappa shape index (κ1) is 20.0. The first-order valence-electron chi connectivity index (χ1n) is 10.3. The number of rotatable bonds is 4. The number of hydrogen-bond donors (Lipinski definition) is 2. The average molecular weight is 400 g/mol. The van der Waals surface area contributed by atoms with Crippen LogP contribution in [0.2, 0.25) is 0 Å². The molecule has 2 N–H and O–H groups in total. The number of carbonyl (C=O) groups excluding carboxylic acids is 1. The zero-order valence-electron chi connectivity index (χ0n) is 17.1. The monoisotopic (exact) mass is 400 g/mol. The molecule has 156 valence electrons. The van der Waals surface area contributed by atoms with Crippen LogP contribution in [0.25, 0.3) is 11.0 Å². The minimum Gasteiger partial charge on any atom is -0.389 e. The molecule has 2 aromatic heterocycles. The van der Waals surface area contributed by atoms with Crippen molar-refractivity contribution in [2.24, 2.45) is 5.92 Å². The third-order valence-electron chi connectivity index (χ3n) is 6.35. The second-order valence-electron chi connectivity index (χ2n) is 8.32. The smallest absolute Gasteiger partial charge is 0.263 e. The summed E-state index contributed by atoms with van der Waals surface area (Å²) in [5.74, 6) is 0.473. The van der Waals surface area contributed by atoms with Crippen molar-refractivity contribution < 1.29 is 14.6 Å². The predicted octanol–water partition coefficient (Wildman–Crippen LogP) is 2.23. The summed E-state index contributed by atoms with van der Waals surface area (Å²) in [6.07, 6.45) is 4.68. The lowest BCUT2D eigenvalue weighted by Gasteiger charge is -2.28. The van der Waals surface area contributed by atoms with Gasteiger partial charge in [0.15, 0.2) is 5.78 Å². The number of hydrogen-bond acceptors (Lipinski definition) is 7. The lowest BCUT2D eigenvalue weighted by atomic mass is 10.0. The van der Waals surface area contributed by atoms with E-state index in [0.29, 0.717) is 41.5 Å². The molecule has 2 fully saturated rings. The zero-order chi connectivity index (χ0) is 20.7. The van der Waals surface area contributed by atoms with Gasteiger partial charge >= 0.3 is 0 Å². The van der Waals surface area contributed by atoms with Gasteiger partial charge in [0.05, 0.1) is 24.3 Å². The molecule has 0 aromatic carbocycles. The van der Waals surface area contributed by atoms with Gasteiger partial charge in [-0.1, -0.05) is 13.3 Å². The van der Waals surface area contributed by atoms with Gasteiger partial charge in [-0.25, -0.2) is 4.98 Å². The van der Waals surface area contributed by atoms with E-state index in [1.165, 1.54) is 6.92 Å². The van der Waals surface area contributed by atoms with Gasteiger partial charge in [-0.05, 0) is 44.6 Å². The van der Waals surface area contributed by atoms with Crippen molar-refractivity contribution in [3.05, 3.63) is 27.7 Å². The van der Waals surface area contributed by atoms with Crippen LogP contribution in [0, 0.1) is 12.8 Å². The van der Waals surface area contributed by atoms with E-state index in [2.05, 4.69) is 22.2 Å². The van der Waals surface area contributed by atoms with Crippen LogP contribution < -0.4 is 10.9 Å². The molecule has 2 aliphatic rings. The first-order valence-corrected chi connectivity index (χ1v) is 10.3. The summed E-state index contributed by atoms with van der Waals surface area (Å²) in [6.45, 7) is 6.19. The predicted molar refractivity (Wildman–Crippen MR) is 109 cm³/mol. The van der Waals surface area contributed by atoms with Crippen molar-refractivity contribution in [2.75, 3.05) is 18.5 Å². The standard InChI is InChI=1S/C21H28N4O4/c1-11-5-4-6-16(11)25-19-14(12(2)18(13(3)26)20(25)28)9-22-21(24-19)23-15-7-8-29-10-17(15)27/h9,11,15-17,27H,4-8,10H2,1-3H3,(H,22,23,24)/t11-,15+,16-,17+/m0/s1. The van der Waals surface area contributed by atoms with Crippen LogP contribution in [0.1, 0.15) is 61.5 Å². The van der Waals surface area contributed by atoms with E-state index >= 15 is 0 Å². The molecule has 3 heterocycles. The van der Waals surface area contributed by atoms with Crippen LogP contribution in [-0.4, -0.2) is 50.8 Å². The maximum absolute atomic E-state index is 13.3. The lowest BCUT2D eigenvalue weighted by molar-refractivity contribution is -0.0136. The molecule has 2 aromatic rings. The normalized spacial score (nSPS) is 27.3. The van der Waals surface area contributed by atoms with Crippen molar-refractivity contribution in [1.29, 1.82) is 0 Å². The van der Waals surface area contributed by atoms with Crippen molar-refractivity contribution >= 4 is 22.8 Å². The number of carbonyl (C=O) groups is 1. The molecule has 0 amide bonds. The summed E-state index contributed by atoms with van der Waals surface area (Å²) in [5.41, 5.74) is 1.13. The molecular weight excluding hydrogens is 372 g/mol. The van der Waals surface area contributed by atoms with E-state index in [-0.39, 0.29) is 35.6 Å². The number of ketones is 1. The van der Waals surface area contributed by atoms with Gasteiger partial charge in [0.1, 0.15) is 5.65 Å². The fraction of sp³-hybridized carbons (Fsp3) is 0.619. The first-order chi connectivity index (χ1) is 13.9. The van der Waals surface area contributed by atoms with Gasteiger partial charge < -0.3 is 15.2 Å². The molecule has 0 bridgehead atoms. The SMILES string of the molecule is CC(=O)c1c(C)c2cnc(N[C@@H]3CCOC[C@H]3O)nc2n([C@H]2CCC[C@@H]2C)c1=O. The molecule has 29 heavy (non-hydrogen) atoms. The molecule has 0 unspecified atom stereocenters. The van der Waals surface area contributed by atoms with Crippen LogP contribution in [-0.2, 0) is 4.74 Å². The summed E-state index contributed by atoms with van der Waals surface area (Å²) in [5, 5.41) is 14.1. The van der Waals surface area contributed by atoms with Crippen molar-refractivity contribution in [3.63, 3.8) is 0 Å². The van der Waals surface area contributed by atoms with Gasteiger partial charge in [-0.3, -0.25) is 14.2 Å². The Morgan fingerprint density at radius 3 is 2.79 bits per heavy atom. The fourth-order valence-corrected chi connectivity index (χ4v) is 4.69. The minimum atomic E-state index is -0.637. The van der Waals surface area contributed by atoms with E-state index in [1.807, 2.05) is 0 Å². The van der Waals surface area contributed by atoms with Crippen LogP contribution in [0.3, 0.4) is 0 Å². The van der Waals surface area contributed by atoms with Gasteiger partial charge in [-0.2, -0.15) is 4.98 Å². The van der Waals surface area contributed by atoms with Gasteiger partial charge in [-0.15, -0.1) is 0 Å². The number of pyridine rings is 1. The number of nitrogens with one attached hydrogen (secondary N) is 1. The highest BCUT2D eigenvalue weighted by atomic mass is 16.5. The zero-order valence-corrected chi connectivity index (χ0v) is 17.1. The Kier molecular flexibility index (Phi) is 5.40. The molecule has 4 atom stereocenters. The molecule has 0 radical (unpaired) electrons. The number of aromatic nitrogens is 3. The Morgan fingerprint density at radius 2 is 2.14 bits per heavy atom. The number of ether oxygens (including phenoxy) is 1. The summed E-state index contributed by atoms with van der Waals surface area (Å²) in [6, 6.07) is -0.190. The molecule has 0 spiro atoms. The van der Waals surface area contributed by atoms with Gasteiger partial charge in [0.25, 0.3) is 5.56 Å². The second-order valence-corrected chi connectivity index (χ2v) is 8.32. The molecule has 1 saturated carbocycles. The molecule has 4 rings (SSSR count). The summed E-state index contributed by atoms with van der Waals surface area (Å²) in [4.78, 5) is 34.7. The summed E-state index contributed by atoms with van der Waals surface area (Å²) in [7, 11) is 0. The fourth-order valence-electron chi connectivity index (χ4n) is 4.69. The van der Waals surface area contributed by atoms with Gasteiger partial charge in [0.2, 0.25) is 5.95 Å². The number of Topliss-reactive ketones (excluding diaryl/α,β-unsaturated/α-hetero) is 1. The van der Waals surface area contributed by atoms with Crippen LogP contribution in [0.4, 0.5) is 5.95 Å². The van der Waals surface area contributed by atoms with Gasteiger partial charge in [0, 0.05) is 24.2 Å². The number of anilines is 1. The quantitative estimate of drug-likeness (QED) is 0.758. The van der Waals surface area contributed by atoms with E-state index < -0.39 is 6.10 Å². The Labute approximate surface area is 169 Å². The Balaban J connectivity index is 1.86. The van der Waals surface area contributed by atoms with Crippen molar-refractivity contribution in [2.45, 2.75) is 64.6 Å². The number of aryl methyl sites for hydroxylation is 1. The molecular formula is C21H28N4O4. The highest BCUT2D eigenvalue weighted by Crippen LogP contribution is 2.36. The second kappa shape index (κ2) is 7.84. The average Bonchev–Trinajstić information content (AvgIpc) is 3.09. The Hall–Kier alpha value is -2.32. The number of aliphatic hydroxyl groups excluding tert-OH is 1. The third-order valence-corrected chi connectivity index (χ3v) is 6.35. The lowest BCUT2D eigenvalue weighted by Crippen LogP contribution is -2.42. The van der Waals surface area contributed by atoms with Crippen LogP contribution in [0.5, 0.6) is 0 Å². The molecule has 1 saturated heterocycles. The summed E-state index contributed by atoms with van der Waals surface area (Å²) < 4.78 is 6.99. The highest BCUT2D eigenvalue weighted by Gasteiger charge is 2.31. The van der Waals surface area contributed by atoms with E-state index in [9.17, 15) is 14.7 Å². The van der Waals surface area contributed by atoms with E-state index in [1.54, 1.807) is 17.7 Å².